The molecule has 21 heavy (non-hydrogen) atoms. The van der Waals surface area contributed by atoms with E-state index in [2.05, 4.69) is 27.6 Å². The number of halogens is 1. The lowest BCUT2D eigenvalue weighted by Gasteiger charge is -2.13. The summed E-state index contributed by atoms with van der Waals surface area (Å²) in [6.07, 6.45) is 0. The van der Waals surface area contributed by atoms with E-state index in [9.17, 15) is 0 Å². The van der Waals surface area contributed by atoms with E-state index < -0.39 is 0 Å². The van der Waals surface area contributed by atoms with Gasteiger partial charge in [-0.1, -0.05) is 0 Å². The van der Waals surface area contributed by atoms with Crippen LogP contribution in [0.1, 0.15) is 0 Å². The number of nitrogens with two attached hydrogens (primary N) is 1. The van der Waals surface area contributed by atoms with E-state index in [1.54, 1.807) is 14.2 Å². The van der Waals surface area contributed by atoms with Crippen molar-refractivity contribution in [2.24, 2.45) is 0 Å². The summed E-state index contributed by atoms with van der Waals surface area (Å²) in [4.78, 5) is 4.42. The van der Waals surface area contributed by atoms with Gasteiger partial charge in [0.05, 0.1) is 30.9 Å². The SMILES string of the molecule is COc1ccc(-n2c(N)nc3cc(I)ccc32)c(OC)c1. The van der Waals surface area contributed by atoms with Crippen LogP contribution in [0.5, 0.6) is 11.5 Å². The second-order valence-corrected chi connectivity index (χ2v) is 5.72. The van der Waals surface area contributed by atoms with E-state index in [0.717, 1.165) is 26.0 Å². The number of rotatable bonds is 3. The molecule has 0 radical (unpaired) electrons. The highest BCUT2D eigenvalue weighted by molar-refractivity contribution is 14.1. The van der Waals surface area contributed by atoms with Gasteiger partial charge in [0, 0.05) is 9.64 Å². The van der Waals surface area contributed by atoms with Crippen LogP contribution in [0.25, 0.3) is 16.7 Å². The fraction of sp³-hybridized carbons (Fsp3) is 0.133. The number of anilines is 1. The molecule has 0 amide bonds. The Hall–Kier alpha value is -1.96. The molecular formula is C15H14IN3O2. The molecule has 0 bridgehead atoms. The van der Waals surface area contributed by atoms with Crippen molar-refractivity contribution >= 4 is 39.6 Å². The van der Waals surface area contributed by atoms with Crippen molar-refractivity contribution in [3.63, 3.8) is 0 Å². The maximum absolute atomic E-state index is 6.09. The minimum atomic E-state index is 0.426. The Bertz CT molecular complexity index is 814. The molecule has 6 heteroatoms. The Morgan fingerprint density at radius 2 is 1.90 bits per heavy atom. The number of nitrogen functional groups attached to an aromatic ring is 1. The first-order valence-corrected chi connectivity index (χ1v) is 7.38. The lowest BCUT2D eigenvalue weighted by Crippen LogP contribution is -2.03. The summed E-state index contributed by atoms with van der Waals surface area (Å²) in [6, 6.07) is 11.6. The third-order valence-corrected chi connectivity index (χ3v) is 3.94. The van der Waals surface area contributed by atoms with E-state index in [0.29, 0.717) is 11.7 Å². The van der Waals surface area contributed by atoms with Crippen LogP contribution in [-0.4, -0.2) is 23.8 Å². The van der Waals surface area contributed by atoms with E-state index in [1.807, 2.05) is 41.0 Å². The molecule has 1 heterocycles. The summed E-state index contributed by atoms with van der Waals surface area (Å²) in [7, 11) is 3.24. The van der Waals surface area contributed by atoms with Gasteiger partial charge >= 0.3 is 0 Å². The van der Waals surface area contributed by atoms with Gasteiger partial charge in [-0.15, -0.1) is 0 Å². The molecule has 0 unspecified atom stereocenters. The number of fused-ring (bicyclic) bond motifs is 1. The van der Waals surface area contributed by atoms with Crippen molar-refractivity contribution in [3.05, 3.63) is 40.0 Å². The number of ether oxygens (including phenoxy) is 2. The molecule has 2 N–H and O–H groups in total. The zero-order chi connectivity index (χ0) is 15.0. The molecule has 0 aliphatic rings. The first kappa shape index (κ1) is 14.0. The van der Waals surface area contributed by atoms with Crippen LogP contribution in [0.3, 0.4) is 0 Å². The fourth-order valence-electron chi connectivity index (χ4n) is 2.29. The molecule has 0 saturated carbocycles. The van der Waals surface area contributed by atoms with Gasteiger partial charge in [0.2, 0.25) is 5.95 Å². The Morgan fingerprint density at radius 1 is 1.10 bits per heavy atom. The standard InChI is InChI=1S/C15H14IN3O2/c1-20-10-4-6-13(14(8-10)21-2)19-12-5-3-9(16)7-11(12)18-15(19)17/h3-8H,1-2H3,(H2,17,18). The largest absolute Gasteiger partial charge is 0.497 e. The number of imidazole rings is 1. The maximum atomic E-state index is 6.09. The molecule has 0 aliphatic heterocycles. The van der Waals surface area contributed by atoms with Crippen molar-refractivity contribution in [3.8, 4) is 17.2 Å². The van der Waals surface area contributed by atoms with Gasteiger partial charge in [0.1, 0.15) is 11.5 Å². The van der Waals surface area contributed by atoms with Gasteiger partial charge in [-0.3, -0.25) is 4.57 Å². The highest BCUT2D eigenvalue weighted by Gasteiger charge is 2.14. The zero-order valence-corrected chi connectivity index (χ0v) is 13.8. The summed E-state index contributed by atoms with van der Waals surface area (Å²) >= 11 is 2.26. The Morgan fingerprint density at radius 3 is 2.62 bits per heavy atom. The van der Waals surface area contributed by atoms with Crippen LogP contribution >= 0.6 is 22.6 Å². The smallest absolute Gasteiger partial charge is 0.206 e. The maximum Gasteiger partial charge on any atom is 0.206 e. The van der Waals surface area contributed by atoms with Gasteiger partial charge in [-0.2, -0.15) is 0 Å². The van der Waals surface area contributed by atoms with E-state index in [1.165, 1.54) is 0 Å². The quantitative estimate of drug-likeness (QED) is 0.692. The normalized spacial score (nSPS) is 10.8. The van der Waals surface area contributed by atoms with Crippen molar-refractivity contribution < 1.29 is 9.47 Å². The number of benzene rings is 2. The van der Waals surface area contributed by atoms with E-state index in [4.69, 9.17) is 15.2 Å². The van der Waals surface area contributed by atoms with Crippen LogP contribution < -0.4 is 15.2 Å². The number of hydrogen-bond acceptors (Lipinski definition) is 4. The van der Waals surface area contributed by atoms with Crippen LogP contribution in [0.4, 0.5) is 5.95 Å². The molecule has 0 saturated heterocycles. The van der Waals surface area contributed by atoms with Crippen LogP contribution in [0.15, 0.2) is 36.4 Å². The summed E-state index contributed by atoms with van der Waals surface area (Å²) in [5.74, 6) is 1.84. The van der Waals surface area contributed by atoms with Crippen LogP contribution in [-0.2, 0) is 0 Å². The highest BCUT2D eigenvalue weighted by Crippen LogP contribution is 2.32. The Kier molecular flexibility index (Phi) is 3.62. The average Bonchev–Trinajstić information content (AvgIpc) is 2.81. The number of hydrogen-bond donors (Lipinski definition) is 1. The van der Waals surface area contributed by atoms with Gasteiger partial charge in [0.15, 0.2) is 0 Å². The Balaban J connectivity index is 2.27. The minimum Gasteiger partial charge on any atom is -0.497 e. The molecule has 0 atom stereocenters. The van der Waals surface area contributed by atoms with Crippen molar-refractivity contribution in [2.45, 2.75) is 0 Å². The first-order chi connectivity index (χ1) is 10.1. The lowest BCUT2D eigenvalue weighted by atomic mass is 10.2. The second kappa shape index (κ2) is 5.44. The lowest BCUT2D eigenvalue weighted by molar-refractivity contribution is 0.393. The Labute approximate surface area is 135 Å². The molecule has 2 aromatic carbocycles. The minimum absolute atomic E-state index is 0.426. The molecule has 3 rings (SSSR count). The second-order valence-electron chi connectivity index (χ2n) is 4.48. The number of methoxy groups -OCH3 is 2. The molecule has 0 fully saturated rings. The van der Waals surface area contributed by atoms with Crippen LogP contribution in [0.2, 0.25) is 0 Å². The number of aromatic nitrogens is 2. The molecule has 108 valence electrons. The zero-order valence-electron chi connectivity index (χ0n) is 11.6. The van der Waals surface area contributed by atoms with Gasteiger partial charge in [0.25, 0.3) is 0 Å². The first-order valence-electron chi connectivity index (χ1n) is 6.30. The molecule has 5 nitrogen and oxygen atoms in total. The van der Waals surface area contributed by atoms with Crippen LogP contribution in [0, 0.1) is 3.57 Å². The predicted octanol–water partition coefficient (Wildman–Crippen LogP) is 3.23. The highest BCUT2D eigenvalue weighted by atomic mass is 127. The summed E-state index contributed by atoms with van der Waals surface area (Å²) in [5, 5.41) is 0. The third-order valence-electron chi connectivity index (χ3n) is 3.27. The summed E-state index contributed by atoms with van der Waals surface area (Å²) in [5.41, 5.74) is 8.72. The molecule has 3 aromatic rings. The van der Waals surface area contributed by atoms with Crippen molar-refractivity contribution in [2.75, 3.05) is 20.0 Å². The predicted molar refractivity (Wildman–Crippen MR) is 91.3 cm³/mol. The van der Waals surface area contributed by atoms with E-state index in [-0.39, 0.29) is 0 Å². The number of nitrogens with zero attached hydrogens (tertiary/aromatic N) is 2. The van der Waals surface area contributed by atoms with Crippen molar-refractivity contribution in [1.82, 2.24) is 9.55 Å². The summed E-state index contributed by atoms with van der Waals surface area (Å²) in [6.45, 7) is 0. The molecule has 1 aromatic heterocycles. The van der Waals surface area contributed by atoms with Gasteiger partial charge in [-0.05, 0) is 52.9 Å². The summed E-state index contributed by atoms with van der Waals surface area (Å²) < 4.78 is 13.7. The fourth-order valence-corrected chi connectivity index (χ4v) is 2.77. The van der Waals surface area contributed by atoms with E-state index >= 15 is 0 Å². The van der Waals surface area contributed by atoms with Gasteiger partial charge < -0.3 is 15.2 Å². The third kappa shape index (κ3) is 2.39. The molecule has 0 spiro atoms. The molecular weight excluding hydrogens is 381 g/mol. The molecule has 0 aliphatic carbocycles. The van der Waals surface area contributed by atoms with Gasteiger partial charge in [-0.25, -0.2) is 4.98 Å². The monoisotopic (exact) mass is 395 g/mol. The average molecular weight is 395 g/mol. The van der Waals surface area contributed by atoms with Crippen molar-refractivity contribution in [1.29, 1.82) is 0 Å². The topological polar surface area (TPSA) is 62.3 Å².